The summed E-state index contributed by atoms with van der Waals surface area (Å²) < 4.78 is 0. The largest absolute Gasteiger partial charge is 0.346 e. The van der Waals surface area contributed by atoms with Gasteiger partial charge in [-0.1, -0.05) is 6.07 Å². The number of halogens is 1. The third-order valence-electron chi connectivity index (χ3n) is 2.65. The molecule has 1 unspecified atom stereocenters. The van der Waals surface area contributed by atoms with E-state index in [0.29, 0.717) is 6.54 Å². The number of hydrogen-bond donors (Lipinski definition) is 2. The van der Waals surface area contributed by atoms with Crippen LogP contribution >= 0.6 is 27.7 Å². The predicted molar refractivity (Wildman–Crippen MR) is 76.4 cm³/mol. The molecule has 1 aromatic carbocycles. The minimum atomic E-state index is -0.210. The Morgan fingerprint density at radius 3 is 3.06 bits per heavy atom. The zero-order valence-corrected chi connectivity index (χ0v) is 12.2. The number of hydrogen-bond acceptors (Lipinski definition) is 3. The van der Waals surface area contributed by atoms with Crippen LogP contribution in [-0.4, -0.2) is 22.5 Å². The van der Waals surface area contributed by atoms with E-state index < -0.39 is 0 Å². The highest BCUT2D eigenvalue weighted by atomic mass is 79.9. The average molecular weight is 329 g/mol. The molecule has 1 atom stereocenters. The smallest absolute Gasteiger partial charge is 0.287 e. The lowest BCUT2D eigenvalue weighted by molar-refractivity contribution is -0.115. The quantitative estimate of drug-likeness (QED) is 0.662. The Bertz CT molecular complexity index is 493. The second-order valence-electron chi connectivity index (χ2n) is 4.03. The third-order valence-corrected chi connectivity index (χ3v) is 4.11. The van der Waals surface area contributed by atoms with Crippen molar-refractivity contribution in [1.29, 1.82) is 0 Å². The summed E-state index contributed by atoms with van der Waals surface area (Å²) in [5, 5.41) is 5.52. The fourth-order valence-corrected chi connectivity index (χ4v) is 2.85. The molecule has 0 aromatic heterocycles. The molecule has 6 heteroatoms. The molecule has 2 N–H and O–H groups in total. The molecule has 4 nitrogen and oxygen atoms in total. The number of rotatable bonds is 3. The molecule has 1 heterocycles. The van der Waals surface area contributed by atoms with E-state index in [0.717, 1.165) is 22.6 Å². The number of carbonyl (C=O) groups excluding carboxylic acids is 2. The maximum absolute atomic E-state index is 11.6. The number of thioether (sulfide) groups is 1. The first-order valence-electron chi connectivity index (χ1n) is 5.60. The van der Waals surface area contributed by atoms with Crippen LogP contribution < -0.4 is 10.6 Å². The second kappa shape index (κ2) is 5.75. The summed E-state index contributed by atoms with van der Waals surface area (Å²) in [7, 11) is 0. The first kappa shape index (κ1) is 13.4. The van der Waals surface area contributed by atoms with Crippen molar-refractivity contribution in [3.8, 4) is 0 Å². The number of anilines is 1. The average Bonchev–Trinajstić information content (AvgIpc) is 2.30. The summed E-state index contributed by atoms with van der Waals surface area (Å²) >= 11 is 4.38. The standard InChI is InChI=1S/C12H13BrN2O2S/c1-7-11(16)15-9-6-8(2-3-10(9)18-7)4-5-14-12(13)17/h2-3,6-7H,4-5H2,1H3,(H,14,17)(H,15,16). The molecule has 1 aliphatic heterocycles. The summed E-state index contributed by atoms with van der Waals surface area (Å²) in [6.07, 6.45) is 0.737. The summed E-state index contributed by atoms with van der Waals surface area (Å²) in [6, 6.07) is 6.00. The molecule has 0 radical (unpaired) electrons. The first-order valence-corrected chi connectivity index (χ1v) is 7.27. The molecule has 18 heavy (non-hydrogen) atoms. The number of nitrogens with one attached hydrogen (secondary N) is 2. The fraction of sp³-hybridized carbons (Fsp3) is 0.333. The van der Waals surface area contributed by atoms with Gasteiger partial charge in [0.25, 0.3) is 4.82 Å². The third kappa shape index (κ3) is 3.26. The molecule has 0 saturated carbocycles. The lowest BCUT2D eigenvalue weighted by Gasteiger charge is -2.21. The predicted octanol–water partition coefficient (Wildman–Crippen LogP) is 2.77. The van der Waals surface area contributed by atoms with E-state index in [1.54, 1.807) is 11.8 Å². The van der Waals surface area contributed by atoms with Crippen LogP contribution in [-0.2, 0) is 11.2 Å². The highest BCUT2D eigenvalue weighted by Crippen LogP contribution is 2.35. The Labute approximate surface area is 118 Å². The van der Waals surface area contributed by atoms with Crippen LogP contribution in [0.2, 0.25) is 0 Å². The van der Waals surface area contributed by atoms with Gasteiger partial charge in [-0.25, -0.2) is 0 Å². The van der Waals surface area contributed by atoms with Gasteiger partial charge in [-0.2, -0.15) is 0 Å². The van der Waals surface area contributed by atoms with Gasteiger partial charge < -0.3 is 10.6 Å². The van der Waals surface area contributed by atoms with Crippen LogP contribution in [0.3, 0.4) is 0 Å². The molecule has 1 aromatic rings. The van der Waals surface area contributed by atoms with Crippen LogP contribution in [0.5, 0.6) is 0 Å². The summed E-state index contributed by atoms with van der Waals surface area (Å²) in [4.78, 5) is 23.2. The summed E-state index contributed by atoms with van der Waals surface area (Å²) in [5.41, 5.74) is 1.95. The van der Waals surface area contributed by atoms with Gasteiger partial charge >= 0.3 is 0 Å². The van der Waals surface area contributed by atoms with Crippen molar-refractivity contribution in [2.45, 2.75) is 23.5 Å². The minimum Gasteiger partial charge on any atom is -0.346 e. The number of amides is 2. The molecule has 1 aliphatic rings. The number of carbonyl (C=O) groups is 2. The van der Waals surface area contributed by atoms with Crippen molar-refractivity contribution in [3.05, 3.63) is 23.8 Å². The van der Waals surface area contributed by atoms with Gasteiger partial charge in [-0.15, -0.1) is 11.8 Å². The van der Waals surface area contributed by atoms with Crippen LogP contribution in [0.15, 0.2) is 23.1 Å². The van der Waals surface area contributed by atoms with Gasteiger partial charge in [-0.05, 0) is 31.0 Å². The second-order valence-corrected chi connectivity index (χ2v) is 6.13. The molecular weight excluding hydrogens is 316 g/mol. The SMILES string of the molecule is CC1Sc2ccc(CCNC(=O)Br)cc2NC1=O. The van der Waals surface area contributed by atoms with Crippen LogP contribution in [0.1, 0.15) is 12.5 Å². The van der Waals surface area contributed by atoms with Crippen molar-refractivity contribution in [2.75, 3.05) is 11.9 Å². The van der Waals surface area contributed by atoms with Crippen molar-refractivity contribution in [2.24, 2.45) is 0 Å². The molecule has 0 bridgehead atoms. The van der Waals surface area contributed by atoms with E-state index in [2.05, 4.69) is 26.6 Å². The normalized spacial score (nSPS) is 17.9. The molecule has 0 fully saturated rings. The fourth-order valence-electron chi connectivity index (χ4n) is 1.72. The number of fused-ring (bicyclic) bond motifs is 1. The van der Waals surface area contributed by atoms with Crippen molar-refractivity contribution in [3.63, 3.8) is 0 Å². The van der Waals surface area contributed by atoms with Crippen LogP contribution in [0.4, 0.5) is 10.5 Å². The van der Waals surface area contributed by atoms with E-state index in [-0.39, 0.29) is 16.0 Å². The summed E-state index contributed by atoms with van der Waals surface area (Å²) in [5.74, 6) is 0.0402. The maximum atomic E-state index is 11.6. The highest BCUT2D eigenvalue weighted by molar-refractivity contribution is 9.18. The molecule has 0 saturated heterocycles. The van der Waals surface area contributed by atoms with Crippen molar-refractivity contribution >= 4 is 44.1 Å². The van der Waals surface area contributed by atoms with Crippen LogP contribution in [0.25, 0.3) is 0 Å². The Kier molecular flexibility index (Phi) is 4.29. The monoisotopic (exact) mass is 328 g/mol. The van der Waals surface area contributed by atoms with Crippen LogP contribution in [0, 0.1) is 0 Å². The van der Waals surface area contributed by atoms with E-state index in [1.807, 2.05) is 25.1 Å². The van der Waals surface area contributed by atoms with Crippen molar-refractivity contribution in [1.82, 2.24) is 5.32 Å². The minimum absolute atomic E-state index is 0.0402. The molecule has 0 spiro atoms. The van der Waals surface area contributed by atoms with Gasteiger partial charge in [0.05, 0.1) is 10.9 Å². The molecule has 96 valence electrons. The molecule has 2 amide bonds. The topological polar surface area (TPSA) is 58.2 Å². The Morgan fingerprint density at radius 2 is 2.33 bits per heavy atom. The number of benzene rings is 1. The van der Waals surface area contributed by atoms with E-state index in [9.17, 15) is 9.59 Å². The lowest BCUT2D eigenvalue weighted by Crippen LogP contribution is -2.26. The van der Waals surface area contributed by atoms with Gasteiger partial charge in [0.15, 0.2) is 0 Å². The van der Waals surface area contributed by atoms with Crippen molar-refractivity contribution < 1.29 is 9.59 Å². The molecule has 0 aliphatic carbocycles. The Balaban J connectivity index is 2.05. The zero-order valence-electron chi connectivity index (χ0n) is 9.83. The van der Waals surface area contributed by atoms with E-state index in [4.69, 9.17) is 0 Å². The zero-order chi connectivity index (χ0) is 13.1. The Hall–Kier alpha value is -1.01. The van der Waals surface area contributed by atoms with E-state index in [1.165, 1.54) is 0 Å². The van der Waals surface area contributed by atoms with E-state index >= 15 is 0 Å². The summed E-state index contributed by atoms with van der Waals surface area (Å²) in [6.45, 7) is 2.46. The maximum Gasteiger partial charge on any atom is 0.287 e. The highest BCUT2D eigenvalue weighted by Gasteiger charge is 2.22. The molecular formula is C12H13BrN2O2S. The Morgan fingerprint density at radius 1 is 1.56 bits per heavy atom. The van der Waals surface area contributed by atoms with Gasteiger partial charge in [0.1, 0.15) is 0 Å². The van der Waals surface area contributed by atoms with Gasteiger partial charge in [0.2, 0.25) is 5.91 Å². The van der Waals surface area contributed by atoms with Gasteiger partial charge in [-0.3, -0.25) is 9.59 Å². The molecule has 2 rings (SSSR count). The lowest BCUT2D eigenvalue weighted by atomic mass is 10.1. The van der Waals surface area contributed by atoms with Gasteiger partial charge in [0, 0.05) is 27.4 Å². The first-order chi connectivity index (χ1) is 8.56.